The molecule has 0 aromatic heterocycles. The molecule has 2 aliphatic rings. The summed E-state index contributed by atoms with van der Waals surface area (Å²) in [5.74, 6) is -0.579. The first kappa shape index (κ1) is 18.9. The molecule has 0 N–H and O–H groups in total. The number of benzene rings is 2. The summed E-state index contributed by atoms with van der Waals surface area (Å²) in [6.45, 7) is 2.08. The Labute approximate surface area is 163 Å². The van der Waals surface area contributed by atoms with Crippen LogP contribution < -0.4 is 4.74 Å². The van der Waals surface area contributed by atoms with E-state index >= 15 is 0 Å². The normalized spacial score (nSPS) is 20.3. The molecule has 0 saturated heterocycles. The Balaban J connectivity index is 1.38. The van der Waals surface area contributed by atoms with Gasteiger partial charge in [-0.2, -0.15) is 8.78 Å². The molecule has 1 atom stereocenters. The van der Waals surface area contributed by atoms with Crippen LogP contribution in [0, 0.1) is 18.7 Å². The lowest BCUT2D eigenvalue weighted by molar-refractivity contribution is -0.188. The van der Waals surface area contributed by atoms with Gasteiger partial charge < -0.3 is 4.74 Å². The lowest BCUT2D eigenvalue weighted by Crippen LogP contribution is -2.30. The Kier molecular flexibility index (Phi) is 5.05. The molecule has 4 rings (SSSR count). The largest absolute Gasteiger partial charge is 0.429 e. The van der Waals surface area contributed by atoms with E-state index in [1.54, 1.807) is 0 Å². The van der Waals surface area contributed by atoms with Gasteiger partial charge in [0.1, 0.15) is 0 Å². The minimum Gasteiger partial charge on any atom is -0.429 e. The van der Waals surface area contributed by atoms with Crippen molar-refractivity contribution in [2.24, 2.45) is 5.92 Å². The Morgan fingerprint density at radius 2 is 1.93 bits per heavy atom. The monoisotopic (exact) mass is 384 g/mol. The second-order valence-corrected chi connectivity index (χ2v) is 7.72. The Bertz CT molecular complexity index is 926. The molecule has 0 radical (unpaired) electrons. The van der Waals surface area contributed by atoms with Gasteiger partial charge in [0.25, 0.3) is 0 Å². The van der Waals surface area contributed by atoms with Crippen molar-refractivity contribution >= 4 is 5.57 Å². The predicted molar refractivity (Wildman–Crippen MR) is 105 cm³/mol. The maximum atomic E-state index is 14.2. The van der Waals surface area contributed by atoms with Crippen LogP contribution in [0.3, 0.4) is 0 Å². The first-order valence-corrected chi connectivity index (χ1v) is 9.73. The third-order valence-corrected chi connectivity index (χ3v) is 5.49. The summed E-state index contributed by atoms with van der Waals surface area (Å²) in [6.07, 6.45) is 5.63. The second-order valence-electron chi connectivity index (χ2n) is 7.72. The molecule has 4 heteroatoms. The number of hydrogen-bond acceptors (Lipinski definition) is 1. The van der Waals surface area contributed by atoms with Crippen molar-refractivity contribution < 1.29 is 17.9 Å². The minimum absolute atomic E-state index is 0.138. The van der Waals surface area contributed by atoms with Crippen LogP contribution in [-0.4, -0.2) is 6.11 Å². The first-order valence-electron chi connectivity index (χ1n) is 9.73. The van der Waals surface area contributed by atoms with Crippen molar-refractivity contribution in [3.05, 3.63) is 82.7 Å². The summed E-state index contributed by atoms with van der Waals surface area (Å²) < 4.78 is 45.4. The summed E-state index contributed by atoms with van der Waals surface area (Å²) in [5.41, 5.74) is 5.07. The second kappa shape index (κ2) is 7.50. The number of halogens is 3. The highest BCUT2D eigenvalue weighted by molar-refractivity contribution is 5.75. The molecule has 146 valence electrons. The summed E-state index contributed by atoms with van der Waals surface area (Å²) in [6, 6.07) is 11.6. The molecule has 0 fully saturated rings. The quantitative estimate of drug-likeness (QED) is 0.574. The van der Waals surface area contributed by atoms with Gasteiger partial charge in [0, 0.05) is 0 Å². The molecule has 2 aromatic carbocycles. The lowest BCUT2D eigenvalue weighted by Gasteiger charge is -2.26. The number of alkyl halides is 2. The van der Waals surface area contributed by atoms with E-state index in [1.165, 1.54) is 22.8 Å². The molecule has 0 spiro atoms. The van der Waals surface area contributed by atoms with Gasteiger partial charge in [0.15, 0.2) is 11.6 Å². The third-order valence-electron chi connectivity index (χ3n) is 5.49. The molecule has 1 aliphatic carbocycles. The highest BCUT2D eigenvalue weighted by Gasteiger charge is 2.37. The maximum Gasteiger partial charge on any atom is 0.398 e. The average molecular weight is 384 g/mol. The molecular weight excluding hydrogens is 361 g/mol. The standard InChI is InChI=1S/C24H23F3O/c1-16-2-8-19(9-3-16)20-10-6-17(7-11-20)4-5-18-14-21-12-13-24(26,27)28-23(21)22(25)15-18/h2-3,6,8-11,14-15,17H,4-5,7,12-13H2,1H3. The molecule has 0 bridgehead atoms. The lowest BCUT2D eigenvalue weighted by atomic mass is 9.88. The maximum absolute atomic E-state index is 14.2. The van der Waals surface area contributed by atoms with Gasteiger partial charge in [-0.25, -0.2) is 4.39 Å². The number of hydrogen-bond donors (Lipinski definition) is 0. The van der Waals surface area contributed by atoms with E-state index in [2.05, 4.69) is 54.2 Å². The fourth-order valence-electron chi connectivity index (χ4n) is 3.83. The van der Waals surface area contributed by atoms with E-state index < -0.39 is 18.3 Å². The van der Waals surface area contributed by atoms with E-state index in [1.807, 2.05) is 6.07 Å². The van der Waals surface area contributed by atoms with Gasteiger partial charge >= 0.3 is 6.11 Å². The highest BCUT2D eigenvalue weighted by Crippen LogP contribution is 2.38. The van der Waals surface area contributed by atoms with Gasteiger partial charge in [-0.1, -0.05) is 54.1 Å². The van der Waals surface area contributed by atoms with Gasteiger partial charge in [-0.05, 0) is 66.9 Å². The van der Waals surface area contributed by atoms with Gasteiger partial charge in [0.2, 0.25) is 0 Å². The highest BCUT2D eigenvalue weighted by atomic mass is 19.3. The molecule has 1 unspecified atom stereocenters. The van der Waals surface area contributed by atoms with Crippen LogP contribution >= 0.6 is 0 Å². The number of fused-ring (bicyclic) bond motifs is 1. The van der Waals surface area contributed by atoms with Crippen molar-refractivity contribution in [3.63, 3.8) is 0 Å². The first-order chi connectivity index (χ1) is 13.4. The smallest absolute Gasteiger partial charge is 0.398 e. The minimum atomic E-state index is -3.27. The fraction of sp³-hybridized carbons (Fsp3) is 0.333. The zero-order valence-electron chi connectivity index (χ0n) is 15.9. The summed E-state index contributed by atoms with van der Waals surface area (Å²) >= 11 is 0. The topological polar surface area (TPSA) is 9.23 Å². The predicted octanol–water partition coefficient (Wildman–Crippen LogP) is 6.64. The van der Waals surface area contributed by atoms with Gasteiger partial charge in [-0.3, -0.25) is 0 Å². The number of ether oxygens (including phenoxy) is 1. The summed E-state index contributed by atoms with van der Waals surface area (Å²) in [4.78, 5) is 0. The Hall–Kier alpha value is -2.49. The van der Waals surface area contributed by atoms with Crippen LogP contribution in [0.25, 0.3) is 5.57 Å². The van der Waals surface area contributed by atoms with Crippen molar-refractivity contribution in [3.8, 4) is 5.75 Å². The zero-order chi connectivity index (χ0) is 19.7. The van der Waals surface area contributed by atoms with E-state index in [-0.39, 0.29) is 12.2 Å². The number of allylic oxidation sites excluding steroid dienone is 4. The van der Waals surface area contributed by atoms with E-state index in [9.17, 15) is 13.2 Å². The van der Waals surface area contributed by atoms with Crippen LogP contribution in [-0.2, 0) is 12.8 Å². The zero-order valence-corrected chi connectivity index (χ0v) is 15.9. The van der Waals surface area contributed by atoms with Gasteiger partial charge in [0.05, 0.1) is 6.42 Å². The van der Waals surface area contributed by atoms with Crippen LogP contribution in [0.1, 0.15) is 41.5 Å². The SMILES string of the molecule is Cc1ccc(C2=CCC(CCc3cc(F)c4c(c3)CCC(F)(F)O4)C=C2)cc1. The average Bonchev–Trinajstić information content (AvgIpc) is 2.68. The Morgan fingerprint density at radius 3 is 2.64 bits per heavy atom. The van der Waals surface area contributed by atoms with E-state index in [0.29, 0.717) is 17.9 Å². The van der Waals surface area contributed by atoms with E-state index in [4.69, 9.17) is 0 Å². The summed E-state index contributed by atoms with van der Waals surface area (Å²) in [7, 11) is 0. The Morgan fingerprint density at radius 1 is 1.14 bits per heavy atom. The number of aryl methyl sites for hydroxylation is 3. The molecule has 0 amide bonds. The van der Waals surface area contributed by atoms with Crippen LogP contribution in [0.5, 0.6) is 5.75 Å². The van der Waals surface area contributed by atoms with Crippen LogP contribution in [0.2, 0.25) is 0 Å². The molecule has 0 saturated carbocycles. The van der Waals surface area contributed by atoms with Crippen molar-refractivity contribution in [2.45, 2.75) is 45.1 Å². The van der Waals surface area contributed by atoms with Crippen molar-refractivity contribution in [1.29, 1.82) is 0 Å². The fourth-order valence-corrected chi connectivity index (χ4v) is 3.83. The third kappa shape index (κ3) is 4.16. The van der Waals surface area contributed by atoms with E-state index in [0.717, 1.165) is 18.4 Å². The van der Waals surface area contributed by atoms with Crippen molar-refractivity contribution in [2.75, 3.05) is 0 Å². The van der Waals surface area contributed by atoms with Gasteiger partial charge in [-0.15, -0.1) is 0 Å². The van der Waals surface area contributed by atoms with Crippen molar-refractivity contribution in [1.82, 2.24) is 0 Å². The molecule has 1 nitrogen and oxygen atoms in total. The molecule has 28 heavy (non-hydrogen) atoms. The summed E-state index contributed by atoms with van der Waals surface area (Å²) in [5, 5.41) is 0. The number of rotatable bonds is 4. The molecule has 1 heterocycles. The molecule has 2 aromatic rings. The molecule has 1 aliphatic heterocycles. The van der Waals surface area contributed by atoms with Crippen LogP contribution in [0.4, 0.5) is 13.2 Å². The van der Waals surface area contributed by atoms with Crippen LogP contribution in [0.15, 0.2) is 54.6 Å². The molecular formula is C24H23F3O.